The van der Waals surface area contributed by atoms with Crippen LogP contribution in [0, 0.1) is 12.8 Å². The lowest BCUT2D eigenvalue weighted by Crippen LogP contribution is -2.42. The zero-order valence-electron chi connectivity index (χ0n) is 15.9. The Morgan fingerprint density at radius 1 is 1.19 bits per heavy atom. The maximum atomic E-state index is 4.71. The van der Waals surface area contributed by atoms with Crippen molar-refractivity contribution >= 4 is 11.5 Å². The van der Waals surface area contributed by atoms with Crippen molar-refractivity contribution in [1.82, 2.24) is 34.5 Å². The Morgan fingerprint density at radius 3 is 2.81 bits per heavy atom. The number of likely N-dealkylation sites (tertiary alicyclic amines) is 1. The highest BCUT2D eigenvalue weighted by atomic mass is 15.4. The Morgan fingerprint density at radius 2 is 2.04 bits per heavy atom. The van der Waals surface area contributed by atoms with Crippen molar-refractivity contribution in [3.63, 3.8) is 0 Å². The molecular formula is C18H26N8. The average molecular weight is 354 g/mol. The summed E-state index contributed by atoms with van der Waals surface area (Å²) in [5.41, 5.74) is 2.06. The molecule has 4 rings (SSSR count). The van der Waals surface area contributed by atoms with Gasteiger partial charge >= 0.3 is 0 Å². The molecule has 0 radical (unpaired) electrons. The Balaban J connectivity index is 1.58. The van der Waals surface area contributed by atoms with E-state index in [4.69, 9.17) is 5.10 Å². The van der Waals surface area contributed by atoms with Crippen LogP contribution in [0.3, 0.4) is 0 Å². The van der Waals surface area contributed by atoms with E-state index in [-0.39, 0.29) is 0 Å². The van der Waals surface area contributed by atoms with Gasteiger partial charge in [0.25, 0.3) is 0 Å². The number of rotatable bonds is 4. The summed E-state index contributed by atoms with van der Waals surface area (Å²) in [4.78, 5) is 4.70. The first-order valence-electron chi connectivity index (χ1n) is 9.13. The fraction of sp³-hybridized carbons (Fsp3) is 0.556. The third-order valence-electron chi connectivity index (χ3n) is 5.47. The summed E-state index contributed by atoms with van der Waals surface area (Å²) in [5, 5.41) is 17.3. The molecule has 26 heavy (non-hydrogen) atoms. The lowest BCUT2D eigenvalue weighted by molar-refractivity contribution is 0.118. The Labute approximate surface area is 153 Å². The van der Waals surface area contributed by atoms with E-state index in [1.165, 1.54) is 18.5 Å². The Kier molecular flexibility index (Phi) is 4.36. The van der Waals surface area contributed by atoms with Crippen LogP contribution in [0.4, 0.5) is 5.82 Å². The third-order valence-corrected chi connectivity index (χ3v) is 5.47. The van der Waals surface area contributed by atoms with E-state index in [2.05, 4.69) is 45.3 Å². The number of fused-ring (bicyclic) bond motifs is 1. The van der Waals surface area contributed by atoms with Crippen molar-refractivity contribution in [1.29, 1.82) is 0 Å². The average Bonchev–Trinajstić information content (AvgIpc) is 3.21. The van der Waals surface area contributed by atoms with Crippen molar-refractivity contribution in [2.45, 2.75) is 25.8 Å². The monoisotopic (exact) mass is 354 g/mol. The van der Waals surface area contributed by atoms with Gasteiger partial charge in [0.1, 0.15) is 5.82 Å². The molecule has 0 unspecified atom stereocenters. The Hall–Kier alpha value is -2.48. The normalized spacial score (nSPS) is 21.4. The molecule has 0 amide bonds. The first kappa shape index (κ1) is 17.0. The predicted octanol–water partition coefficient (Wildman–Crippen LogP) is 1.69. The molecule has 4 heterocycles. The minimum Gasteiger partial charge on any atom is -0.358 e. The molecule has 1 aliphatic rings. The van der Waals surface area contributed by atoms with Gasteiger partial charge in [-0.25, -0.2) is 0 Å². The summed E-state index contributed by atoms with van der Waals surface area (Å²) >= 11 is 0. The molecule has 3 aromatic heterocycles. The van der Waals surface area contributed by atoms with E-state index in [1.54, 1.807) is 4.52 Å². The predicted molar refractivity (Wildman–Crippen MR) is 100 cm³/mol. The number of aryl methyl sites for hydroxylation is 2. The van der Waals surface area contributed by atoms with Gasteiger partial charge in [-0.1, -0.05) is 0 Å². The SMILES string of the molecule is Cc1nnc2ccc(N(C)C[C@@H]3CCCN(C)[C@H]3c3ccnn3C)nn12. The van der Waals surface area contributed by atoms with Crippen LogP contribution in [0.5, 0.6) is 0 Å². The minimum absolute atomic E-state index is 0.374. The molecule has 0 aliphatic carbocycles. The van der Waals surface area contributed by atoms with Gasteiger partial charge in [-0.05, 0) is 57.5 Å². The lowest BCUT2D eigenvalue weighted by Gasteiger charge is -2.40. The highest BCUT2D eigenvalue weighted by Crippen LogP contribution is 2.35. The van der Waals surface area contributed by atoms with Crippen LogP contribution in [0.1, 0.15) is 30.4 Å². The van der Waals surface area contributed by atoms with Gasteiger partial charge in [-0.15, -0.1) is 15.3 Å². The highest BCUT2D eigenvalue weighted by Gasteiger charge is 2.33. The van der Waals surface area contributed by atoms with Crippen molar-refractivity contribution in [3.05, 3.63) is 35.9 Å². The van der Waals surface area contributed by atoms with Crippen LogP contribution in [-0.2, 0) is 7.05 Å². The summed E-state index contributed by atoms with van der Waals surface area (Å²) in [7, 11) is 6.36. The molecular weight excluding hydrogens is 328 g/mol. The molecule has 8 heteroatoms. The van der Waals surface area contributed by atoms with Gasteiger partial charge in [0, 0.05) is 26.8 Å². The molecule has 2 atom stereocenters. The molecule has 3 aromatic rings. The third kappa shape index (κ3) is 2.94. The van der Waals surface area contributed by atoms with Crippen LogP contribution in [0.15, 0.2) is 24.4 Å². The van der Waals surface area contributed by atoms with Crippen molar-refractivity contribution in [3.8, 4) is 0 Å². The van der Waals surface area contributed by atoms with Crippen molar-refractivity contribution in [2.24, 2.45) is 13.0 Å². The first-order chi connectivity index (χ1) is 12.5. The number of aromatic nitrogens is 6. The lowest BCUT2D eigenvalue weighted by atomic mass is 9.87. The molecule has 0 spiro atoms. The summed E-state index contributed by atoms with van der Waals surface area (Å²) in [5.74, 6) is 2.27. The van der Waals surface area contributed by atoms with Crippen molar-refractivity contribution < 1.29 is 0 Å². The smallest absolute Gasteiger partial charge is 0.178 e. The summed E-state index contributed by atoms with van der Waals surface area (Å²) < 4.78 is 3.81. The zero-order valence-corrected chi connectivity index (χ0v) is 15.9. The molecule has 138 valence electrons. The molecule has 1 aliphatic heterocycles. The second kappa shape index (κ2) is 6.68. The second-order valence-electron chi connectivity index (χ2n) is 7.30. The van der Waals surface area contributed by atoms with Crippen LogP contribution in [0.2, 0.25) is 0 Å². The summed E-state index contributed by atoms with van der Waals surface area (Å²) in [6.45, 7) is 3.99. The second-order valence-corrected chi connectivity index (χ2v) is 7.30. The number of hydrogen-bond acceptors (Lipinski definition) is 6. The summed E-state index contributed by atoms with van der Waals surface area (Å²) in [6.07, 6.45) is 4.32. The molecule has 8 nitrogen and oxygen atoms in total. The van der Waals surface area contributed by atoms with E-state index in [0.717, 1.165) is 30.4 Å². The van der Waals surface area contributed by atoms with E-state index in [9.17, 15) is 0 Å². The standard InChI is InChI=1S/C18H26N8/c1-13-20-21-16-7-8-17(22-26(13)16)24(3)12-14-6-5-11-23(2)18(14)15-9-10-19-25(15)4/h7-10,14,18H,5-6,11-12H2,1-4H3/t14-,18+/m0/s1. The van der Waals surface area contributed by atoms with E-state index in [1.807, 2.05) is 37.0 Å². The van der Waals surface area contributed by atoms with Crippen LogP contribution >= 0.6 is 0 Å². The molecule has 0 bridgehead atoms. The van der Waals surface area contributed by atoms with E-state index >= 15 is 0 Å². The number of nitrogens with zero attached hydrogens (tertiary/aromatic N) is 8. The first-order valence-corrected chi connectivity index (χ1v) is 9.13. The van der Waals surface area contributed by atoms with E-state index in [0.29, 0.717) is 12.0 Å². The largest absolute Gasteiger partial charge is 0.358 e. The van der Waals surface area contributed by atoms with Gasteiger partial charge < -0.3 is 4.90 Å². The minimum atomic E-state index is 0.374. The fourth-order valence-electron chi connectivity index (χ4n) is 4.13. The van der Waals surface area contributed by atoms with Crippen molar-refractivity contribution in [2.75, 3.05) is 32.1 Å². The van der Waals surface area contributed by atoms with Gasteiger partial charge in [0.2, 0.25) is 0 Å². The number of piperidine rings is 1. The molecule has 1 saturated heterocycles. The molecule has 0 saturated carbocycles. The van der Waals surface area contributed by atoms with Gasteiger partial charge in [-0.3, -0.25) is 9.58 Å². The molecule has 0 aromatic carbocycles. The van der Waals surface area contributed by atoms with Crippen LogP contribution in [-0.4, -0.2) is 61.7 Å². The van der Waals surface area contributed by atoms with Crippen LogP contribution < -0.4 is 4.90 Å². The number of hydrogen-bond donors (Lipinski definition) is 0. The topological polar surface area (TPSA) is 67.4 Å². The summed E-state index contributed by atoms with van der Waals surface area (Å²) in [6, 6.07) is 6.52. The fourth-order valence-corrected chi connectivity index (χ4v) is 4.13. The van der Waals surface area contributed by atoms with Gasteiger partial charge in [0.05, 0.1) is 11.7 Å². The zero-order chi connectivity index (χ0) is 18.3. The van der Waals surface area contributed by atoms with Crippen LogP contribution in [0.25, 0.3) is 5.65 Å². The molecule has 1 fully saturated rings. The van der Waals surface area contributed by atoms with E-state index < -0.39 is 0 Å². The van der Waals surface area contributed by atoms with Gasteiger partial charge in [0.15, 0.2) is 11.5 Å². The maximum Gasteiger partial charge on any atom is 0.178 e. The number of anilines is 1. The maximum absolute atomic E-state index is 4.71. The molecule has 0 N–H and O–H groups in total. The Bertz CT molecular complexity index is 898. The van der Waals surface area contributed by atoms with Gasteiger partial charge in [-0.2, -0.15) is 9.61 Å². The quantitative estimate of drug-likeness (QED) is 0.710. The highest BCUT2D eigenvalue weighted by molar-refractivity contribution is 5.45.